The third kappa shape index (κ3) is 3.08. The molecule has 1 aromatic heterocycles. The van der Waals surface area contributed by atoms with Crippen LogP contribution in [0.4, 0.5) is 0 Å². The number of hydrazine groups is 1. The van der Waals surface area contributed by atoms with Gasteiger partial charge in [-0.15, -0.1) is 0 Å². The Morgan fingerprint density at radius 2 is 2.50 bits per heavy atom. The Bertz CT molecular complexity index is 367. The topological polar surface area (TPSA) is 68.3 Å². The van der Waals surface area contributed by atoms with Crippen LogP contribution in [0.5, 0.6) is 0 Å². The van der Waals surface area contributed by atoms with Gasteiger partial charge in [-0.25, -0.2) is 0 Å². The SMILES string of the molecule is CCCn1cc(C(NN)C2CN(C)CCO2)cn1. The first-order valence-corrected chi connectivity index (χ1v) is 6.53. The van der Waals surface area contributed by atoms with Crippen LogP contribution in [0.25, 0.3) is 0 Å². The summed E-state index contributed by atoms with van der Waals surface area (Å²) in [5.74, 6) is 5.68. The van der Waals surface area contributed by atoms with Gasteiger partial charge in [0, 0.05) is 31.4 Å². The molecule has 2 atom stereocenters. The fourth-order valence-corrected chi connectivity index (χ4v) is 2.32. The lowest BCUT2D eigenvalue weighted by atomic mass is 10.0. The second-order valence-electron chi connectivity index (χ2n) is 4.85. The number of hydrogen-bond acceptors (Lipinski definition) is 5. The molecule has 6 heteroatoms. The van der Waals surface area contributed by atoms with Crippen LogP contribution in [0, 0.1) is 0 Å². The fraction of sp³-hybridized carbons (Fsp3) is 0.750. The highest BCUT2D eigenvalue weighted by Crippen LogP contribution is 2.21. The first-order valence-electron chi connectivity index (χ1n) is 6.53. The molecule has 0 saturated carbocycles. The predicted molar refractivity (Wildman–Crippen MR) is 69.8 cm³/mol. The third-order valence-electron chi connectivity index (χ3n) is 3.31. The van der Waals surface area contributed by atoms with E-state index < -0.39 is 0 Å². The Balaban J connectivity index is 2.06. The van der Waals surface area contributed by atoms with Gasteiger partial charge in [0.05, 0.1) is 24.9 Å². The van der Waals surface area contributed by atoms with Gasteiger partial charge in [-0.05, 0) is 13.5 Å². The van der Waals surface area contributed by atoms with E-state index in [-0.39, 0.29) is 12.1 Å². The summed E-state index contributed by atoms with van der Waals surface area (Å²) in [7, 11) is 2.10. The zero-order chi connectivity index (χ0) is 13.0. The van der Waals surface area contributed by atoms with Crippen molar-refractivity contribution in [2.45, 2.75) is 32.0 Å². The molecule has 1 fully saturated rings. The summed E-state index contributed by atoms with van der Waals surface area (Å²) < 4.78 is 7.75. The van der Waals surface area contributed by atoms with Crippen molar-refractivity contribution in [2.75, 3.05) is 26.7 Å². The van der Waals surface area contributed by atoms with Crippen LogP contribution >= 0.6 is 0 Å². The van der Waals surface area contributed by atoms with E-state index in [0.717, 1.165) is 38.2 Å². The van der Waals surface area contributed by atoms with Crippen LogP contribution in [-0.2, 0) is 11.3 Å². The quantitative estimate of drug-likeness (QED) is 0.576. The molecule has 0 aromatic carbocycles. The lowest BCUT2D eigenvalue weighted by Gasteiger charge is -2.34. The highest BCUT2D eigenvalue weighted by Gasteiger charge is 2.28. The molecule has 6 nitrogen and oxygen atoms in total. The first-order chi connectivity index (χ1) is 8.74. The van der Waals surface area contributed by atoms with Crippen LogP contribution in [-0.4, -0.2) is 47.5 Å². The Labute approximate surface area is 108 Å². The van der Waals surface area contributed by atoms with Gasteiger partial charge in [0.1, 0.15) is 0 Å². The standard InChI is InChI=1S/C12H23N5O/c1-3-4-17-8-10(7-14-17)12(15-13)11-9-16(2)5-6-18-11/h7-8,11-12,15H,3-6,9,13H2,1-2H3. The number of ether oxygens (including phenoxy) is 1. The van der Waals surface area contributed by atoms with Crippen molar-refractivity contribution in [3.05, 3.63) is 18.0 Å². The number of rotatable bonds is 5. The van der Waals surface area contributed by atoms with Crippen LogP contribution in [0.1, 0.15) is 24.9 Å². The Hall–Kier alpha value is -0.950. The molecular formula is C12H23N5O. The van der Waals surface area contributed by atoms with Gasteiger partial charge < -0.3 is 9.64 Å². The number of nitrogens with two attached hydrogens (primary N) is 1. The molecule has 3 N–H and O–H groups in total. The van der Waals surface area contributed by atoms with Crippen LogP contribution in [0.15, 0.2) is 12.4 Å². The molecule has 0 amide bonds. The normalized spacial score (nSPS) is 23.2. The summed E-state index contributed by atoms with van der Waals surface area (Å²) in [5, 5.41) is 4.34. The molecule has 1 aromatic rings. The molecule has 0 radical (unpaired) electrons. The summed E-state index contributed by atoms with van der Waals surface area (Å²) in [6.45, 7) is 5.68. The van der Waals surface area contributed by atoms with Crippen molar-refractivity contribution >= 4 is 0 Å². The molecule has 18 heavy (non-hydrogen) atoms. The number of likely N-dealkylation sites (N-methyl/N-ethyl adjacent to an activating group) is 1. The molecule has 102 valence electrons. The summed E-state index contributed by atoms with van der Waals surface area (Å²) >= 11 is 0. The summed E-state index contributed by atoms with van der Waals surface area (Å²) in [4.78, 5) is 2.26. The van der Waals surface area contributed by atoms with E-state index in [1.165, 1.54) is 0 Å². The van der Waals surface area contributed by atoms with Crippen molar-refractivity contribution in [2.24, 2.45) is 5.84 Å². The lowest BCUT2D eigenvalue weighted by Crippen LogP contribution is -2.48. The van der Waals surface area contributed by atoms with Gasteiger partial charge >= 0.3 is 0 Å². The zero-order valence-corrected chi connectivity index (χ0v) is 11.2. The molecule has 1 aliphatic rings. The van der Waals surface area contributed by atoms with Crippen LogP contribution in [0.2, 0.25) is 0 Å². The molecule has 0 bridgehead atoms. The zero-order valence-electron chi connectivity index (χ0n) is 11.2. The average Bonchev–Trinajstić information content (AvgIpc) is 2.79. The summed E-state index contributed by atoms with van der Waals surface area (Å²) in [6, 6.07) is -0.00152. The number of nitrogens with zero attached hydrogens (tertiary/aromatic N) is 3. The van der Waals surface area contributed by atoms with Gasteiger partial charge in [-0.3, -0.25) is 16.0 Å². The minimum Gasteiger partial charge on any atom is -0.374 e. The van der Waals surface area contributed by atoms with Crippen molar-refractivity contribution in [1.29, 1.82) is 0 Å². The van der Waals surface area contributed by atoms with E-state index in [2.05, 4.69) is 29.4 Å². The smallest absolute Gasteiger partial charge is 0.0910 e. The second-order valence-corrected chi connectivity index (χ2v) is 4.85. The molecule has 0 spiro atoms. The number of aryl methyl sites for hydroxylation is 1. The number of morpholine rings is 1. The molecule has 2 heterocycles. The second kappa shape index (κ2) is 6.29. The van der Waals surface area contributed by atoms with Crippen LogP contribution < -0.4 is 11.3 Å². The maximum atomic E-state index is 5.80. The third-order valence-corrected chi connectivity index (χ3v) is 3.31. The van der Waals surface area contributed by atoms with Crippen molar-refractivity contribution in [1.82, 2.24) is 20.1 Å². The van der Waals surface area contributed by atoms with E-state index in [1.807, 2.05) is 17.1 Å². The van der Waals surface area contributed by atoms with Gasteiger partial charge in [0.25, 0.3) is 0 Å². The molecular weight excluding hydrogens is 230 g/mol. The van der Waals surface area contributed by atoms with Crippen molar-refractivity contribution in [3.63, 3.8) is 0 Å². The van der Waals surface area contributed by atoms with E-state index >= 15 is 0 Å². The molecule has 1 saturated heterocycles. The average molecular weight is 253 g/mol. The van der Waals surface area contributed by atoms with Crippen molar-refractivity contribution in [3.8, 4) is 0 Å². The van der Waals surface area contributed by atoms with Gasteiger partial charge in [-0.1, -0.05) is 6.92 Å². The van der Waals surface area contributed by atoms with Gasteiger partial charge in [0.15, 0.2) is 0 Å². The van der Waals surface area contributed by atoms with E-state index in [0.29, 0.717) is 0 Å². The van der Waals surface area contributed by atoms with Crippen LogP contribution in [0.3, 0.4) is 0 Å². The monoisotopic (exact) mass is 253 g/mol. The largest absolute Gasteiger partial charge is 0.374 e. The van der Waals surface area contributed by atoms with E-state index in [4.69, 9.17) is 10.6 Å². The molecule has 1 aliphatic heterocycles. The fourth-order valence-electron chi connectivity index (χ4n) is 2.32. The van der Waals surface area contributed by atoms with Crippen molar-refractivity contribution < 1.29 is 4.74 Å². The maximum Gasteiger partial charge on any atom is 0.0910 e. The highest BCUT2D eigenvalue weighted by atomic mass is 16.5. The Kier molecular flexibility index (Phi) is 4.71. The van der Waals surface area contributed by atoms with Gasteiger partial charge in [0.2, 0.25) is 0 Å². The lowest BCUT2D eigenvalue weighted by molar-refractivity contribution is -0.0393. The highest BCUT2D eigenvalue weighted by molar-refractivity contribution is 5.12. The Morgan fingerprint density at radius 3 is 3.17 bits per heavy atom. The maximum absolute atomic E-state index is 5.80. The predicted octanol–water partition coefficient (Wildman–Crippen LogP) is 0.128. The number of nitrogens with one attached hydrogen (secondary N) is 1. The number of aromatic nitrogens is 2. The minimum atomic E-state index is -0.00152. The number of hydrogen-bond donors (Lipinski definition) is 2. The van der Waals surface area contributed by atoms with E-state index in [1.54, 1.807) is 0 Å². The van der Waals surface area contributed by atoms with E-state index in [9.17, 15) is 0 Å². The molecule has 2 rings (SSSR count). The van der Waals surface area contributed by atoms with Gasteiger partial charge in [-0.2, -0.15) is 5.10 Å². The first kappa shape index (κ1) is 13.5. The minimum absolute atomic E-state index is 0.00152. The summed E-state index contributed by atoms with van der Waals surface area (Å²) in [6.07, 6.45) is 5.07. The molecule has 0 aliphatic carbocycles. The summed E-state index contributed by atoms with van der Waals surface area (Å²) in [5.41, 5.74) is 3.95. The molecule has 2 unspecified atom stereocenters. The Morgan fingerprint density at radius 1 is 1.67 bits per heavy atom.